The molecule has 0 spiro atoms. The summed E-state index contributed by atoms with van der Waals surface area (Å²) in [5.74, 6) is 0.255. The van der Waals surface area contributed by atoms with Crippen LogP contribution in [0.2, 0.25) is 0 Å². The fraction of sp³-hybridized carbons (Fsp3) is 0.364. The van der Waals surface area contributed by atoms with Gasteiger partial charge < -0.3 is 15.0 Å². The average molecular weight is 433 g/mol. The first-order valence-corrected chi connectivity index (χ1v) is 11.4. The minimum atomic E-state index is -3.32. The lowest BCUT2D eigenvalue weighted by Gasteiger charge is -2.29. The normalized spacial score (nSPS) is 12.3. The van der Waals surface area contributed by atoms with Gasteiger partial charge in [-0.15, -0.1) is 0 Å². The van der Waals surface area contributed by atoms with Gasteiger partial charge in [0.15, 0.2) is 9.84 Å². The molecule has 1 N–H and O–H groups in total. The Morgan fingerprint density at radius 1 is 1.03 bits per heavy atom. The minimum Gasteiger partial charge on any atom is -0.497 e. The Balaban J connectivity index is 2.30. The van der Waals surface area contributed by atoms with Crippen LogP contribution in [0.25, 0.3) is 0 Å². The first-order chi connectivity index (χ1) is 14.0. The van der Waals surface area contributed by atoms with Crippen molar-refractivity contribution >= 4 is 27.3 Å². The number of hydrogen-bond acceptors (Lipinski definition) is 5. The molecule has 0 saturated heterocycles. The number of anilines is 1. The van der Waals surface area contributed by atoms with E-state index in [0.29, 0.717) is 11.4 Å². The largest absolute Gasteiger partial charge is 0.497 e. The molecule has 0 fully saturated rings. The summed E-state index contributed by atoms with van der Waals surface area (Å²) >= 11 is 0. The molecule has 0 bridgehead atoms. The number of carbonyl (C=O) groups is 2. The van der Waals surface area contributed by atoms with Crippen LogP contribution in [-0.4, -0.2) is 39.6 Å². The van der Waals surface area contributed by atoms with Gasteiger partial charge in [0.25, 0.3) is 0 Å². The highest BCUT2D eigenvalue weighted by Gasteiger charge is 2.25. The zero-order chi connectivity index (χ0) is 22.5. The van der Waals surface area contributed by atoms with E-state index in [2.05, 4.69) is 5.32 Å². The molecule has 1 unspecified atom stereocenters. The molecule has 2 amide bonds. The van der Waals surface area contributed by atoms with Crippen LogP contribution in [0, 0.1) is 0 Å². The van der Waals surface area contributed by atoms with Crippen molar-refractivity contribution < 1.29 is 22.7 Å². The third-order valence-corrected chi connectivity index (χ3v) is 5.73. The first-order valence-electron chi connectivity index (χ1n) is 9.56. The van der Waals surface area contributed by atoms with Crippen molar-refractivity contribution in [2.75, 3.05) is 18.3 Å². The van der Waals surface area contributed by atoms with Gasteiger partial charge in [0.1, 0.15) is 5.75 Å². The summed E-state index contributed by atoms with van der Waals surface area (Å²) in [5.41, 5.74) is 1.38. The van der Waals surface area contributed by atoms with E-state index in [1.54, 1.807) is 36.3 Å². The van der Waals surface area contributed by atoms with E-state index in [1.165, 1.54) is 19.1 Å². The number of benzene rings is 2. The Labute approximate surface area is 178 Å². The summed E-state index contributed by atoms with van der Waals surface area (Å²) in [6.07, 6.45) is 1.19. The van der Waals surface area contributed by atoms with Crippen molar-refractivity contribution in [1.29, 1.82) is 0 Å². The second-order valence-corrected chi connectivity index (χ2v) is 9.37. The molecule has 2 rings (SSSR count). The number of carbonyl (C=O) groups excluding carboxylic acids is 2. The van der Waals surface area contributed by atoms with Crippen LogP contribution >= 0.6 is 0 Å². The van der Waals surface area contributed by atoms with Gasteiger partial charge in [0, 0.05) is 24.9 Å². The molecule has 0 heterocycles. The van der Waals surface area contributed by atoms with E-state index in [0.717, 1.165) is 11.8 Å². The maximum absolute atomic E-state index is 13.2. The maximum Gasteiger partial charge on any atom is 0.229 e. The zero-order valence-corrected chi connectivity index (χ0v) is 18.7. The molecule has 2 aromatic rings. The Morgan fingerprint density at radius 3 is 2.03 bits per heavy atom. The van der Waals surface area contributed by atoms with Gasteiger partial charge in [0.05, 0.1) is 24.5 Å². The van der Waals surface area contributed by atoms with Gasteiger partial charge in [-0.2, -0.15) is 0 Å². The lowest BCUT2D eigenvalue weighted by molar-refractivity contribution is -0.121. The molecule has 8 heteroatoms. The van der Waals surface area contributed by atoms with Gasteiger partial charge in [-0.3, -0.25) is 9.59 Å². The molecule has 162 valence electrons. The number of nitrogens with zero attached hydrogens (tertiary/aromatic N) is 1. The minimum absolute atomic E-state index is 0.0535. The zero-order valence-electron chi connectivity index (χ0n) is 17.9. The first kappa shape index (κ1) is 23.4. The highest BCUT2D eigenvalue weighted by Crippen LogP contribution is 2.25. The molecule has 0 saturated carbocycles. The third-order valence-electron chi connectivity index (χ3n) is 4.60. The van der Waals surface area contributed by atoms with E-state index in [4.69, 9.17) is 4.74 Å². The summed E-state index contributed by atoms with van der Waals surface area (Å²) in [6.45, 7) is 5.16. The Kier molecular flexibility index (Phi) is 7.61. The Hall–Kier alpha value is -2.87. The highest BCUT2D eigenvalue weighted by molar-refractivity contribution is 7.90. The van der Waals surface area contributed by atoms with Crippen LogP contribution in [0.3, 0.4) is 0 Å². The van der Waals surface area contributed by atoms with Crippen molar-refractivity contribution in [3.63, 3.8) is 0 Å². The Morgan fingerprint density at radius 2 is 1.60 bits per heavy atom. The van der Waals surface area contributed by atoms with E-state index in [1.807, 2.05) is 26.0 Å². The van der Waals surface area contributed by atoms with E-state index in [9.17, 15) is 18.0 Å². The summed E-state index contributed by atoms with van der Waals surface area (Å²) in [4.78, 5) is 26.7. The van der Waals surface area contributed by atoms with Crippen LogP contribution < -0.4 is 15.0 Å². The van der Waals surface area contributed by atoms with Crippen molar-refractivity contribution in [3.05, 3.63) is 54.1 Å². The van der Waals surface area contributed by atoms with Gasteiger partial charge in [-0.25, -0.2) is 8.42 Å². The van der Waals surface area contributed by atoms with Crippen LogP contribution in [0.15, 0.2) is 53.4 Å². The number of methoxy groups -OCH3 is 1. The second kappa shape index (κ2) is 9.75. The van der Waals surface area contributed by atoms with Crippen molar-refractivity contribution in [2.24, 2.45) is 0 Å². The van der Waals surface area contributed by atoms with Crippen molar-refractivity contribution in [2.45, 2.75) is 44.2 Å². The number of amides is 2. The average Bonchev–Trinajstić information content (AvgIpc) is 2.67. The number of nitrogens with one attached hydrogen (secondary N) is 1. The third kappa shape index (κ3) is 6.06. The topological polar surface area (TPSA) is 92.8 Å². The van der Waals surface area contributed by atoms with Gasteiger partial charge in [0.2, 0.25) is 11.8 Å². The summed E-state index contributed by atoms with van der Waals surface area (Å²) < 4.78 is 28.6. The van der Waals surface area contributed by atoms with Gasteiger partial charge in [-0.05, 0) is 55.8 Å². The van der Waals surface area contributed by atoms with Crippen LogP contribution in [0.5, 0.6) is 5.75 Å². The van der Waals surface area contributed by atoms with Crippen LogP contribution in [0.1, 0.15) is 38.8 Å². The fourth-order valence-electron chi connectivity index (χ4n) is 3.19. The van der Waals surface area contributed by atoms with E-state index >= 15 is 0 Å². The summed E-state index contributed by atoms with van der Waals surface area (Å²) in [5, 5.41) is 2.83. The lowest BCUT2D eigenvalue weighted by atomic mass is 10.0. The summed E-state index contributed by atoms with van der Waals surface area (Å²) in [6, 6.07) is 12.7. The van der Waals surface area contributed by atoms with E-state index < -0.39 is 15.9 Å². The summed E-state index contributed by atoms with van der Waals surface area (Å²) in [7, 11) is -1.75. The molecular weight excluding hydrogens is 404 g/mol. The lowest BCUT2D eigenvalue weighted by Crippen LogP contribution is -2.40. The molecule has 2 aromatic carbocycles. The standard InChI is InChI=1S/C22H28N2O5S/c1-15(2)24(18-8-12-20(13-9-18)30(5,27)28)22(26)14-21(23-16(3)25)17-6-10-19(29-4)11-7-17/h6-13,15,21H,14H2,1-5H3,(H,23,25). The molecule has 0 aromatic heterocycles. The van der Waals surface area contributed by atoms with E-state index in [-0.39, 0.29) is 29.2 Å². The monoisotopic (exact) mass is 432 g/mol. The second-order valence-electron chi connectivity index (χ2n) is 7.35. The molecule has 0 aliphatic rings. The van der Waals surface area contributed by atoms with Crippen LogP contribution in [-0.2, 0) is 19.4 Å². The predicted molar refractivity (Wildman–Crippen MR) is 116 cm³/mol. The predicted octanol–water partition coefficient (Wildman–Crippen LogP) is 3.11. The van der Waals surface area contributed by atoms with Gasteiger partial charge >= 0.3 is 0 Å². The van der Waals surface area contributed by atoms with Crippen LogP contribution in [0.4, 0.5) is 5.69 Å². The van der Waals surface area contributed by atoms with Crippen molar-refractivity contribution in [3.8, 4) is 5.75 Å². The molecular formula is C22H28N2O5S. The number of hydrogen-bond donors (Lipinski definition) is 1. The molecule has 0 radical (unpaired) electrons. The SMILES string of the molecule is COc1ccc(C(CC(=O)N(c2ccc(S(C)(=O)=O)cc2)C(C)C)NC(C)=O)cc1. The molecule has 0 aliphatic heterocycles. The number of ether oxygens (including phenoxy) is 1. The molecule has 0 aliphatic carbocycles. The highest BCUT2D eigenvalue weighted by atomic mass is 32.2. The van der Waals surface area contributed by atoms with Crippen molar-refractivity contribution in [1.82, 2.24) is 5.32 Å². The number of rotatable bonds is 8. The smallest absolute Gasteiger partial charge is 0.229 e. The molecule has 1 atom stereocenters. The quantitative estimate of drug-likeness (QED) is 0.692. The number of sulfone groups is 1. The van der Waals surface area contributed by atoms with Gasteiger partial charge in [-0.1, -0.05) is 12.1 Å². The molecule has 30 heavy (non-hydrogen) atoms. The fourth-order valence-corrected chi connectivity index (χ4v) is 3.82. The maximum atomic E-state index is 13.2. The molecule has 7 nitrogen and oxygen atoms in total. The Bertz CT molecular complexity index is 983.